The molecule has 2 aliphatic rings. The minimum atomic E-state index is -3.32. The number of hydrogen-bond donors (Lipinski definition) is 1. The van der Waals surface area contributed by atoms with E-state index in [4.69, 9.17) is 4.74 Å². The van der Waals surface area contributed by atoms with Crippen molar-refractivity contribution < 1.29 is 13.2 Å². The van der Waals surface area contributed by atoms with Gasteiger partial charge in [-0.15, -0.1) is 0 Å². The molecular weight excluding hydrogens is 376 g/mol. The van der Waals surface area contributed by atoms with Crippen LogP contribution in [0, 0.1) is 5.92 Å². The van der Waals surface area contributed by atoms with Crippen molar-refractivity contribution in [3.05, 3.63) is 24.3 Å². The summed E-state index contributed by atoms with van der Waals surface area (Å²) < 4.78 is 34.4. The largest absolute Gasteiger partial charge is 0.497 e. The van der Waals surface area contributed by atoms with Crippen molar-refractivity contribution in [1.82, 2.24) is 13.9 Å². The topological polar surface area (TPSA) is 65.1 Å². The van der Waals surface area contributed by atoms with Gasteiger partial charge >= 0.3 is 0 Å². The highest BCUT2D eigenvalue weighted by Crippen LogP contribution is 2.20. The first kappa shape index (κ1) is 21.4. The fourth-order valence-corrected chi connectivity index (χ4v) is 5.39. The SMILES string of the molecule is COc1ccc(N2CCN(CCCNS(=O)(=O)N3CCC[C@@H](C)C3)CC2)cc1. The van der Waals surface area contributed by atoms with Gasteiger partial charge in [0.25, 0.3) is 10.2 Å². The smallest absolute Gasteiger partial charge is 0.279 e. The number of anilines is 1. The van der Waals surface area contributed by atoms with E-state index in [1.54, 1.807) is 11.4 Å². The van der Waals surface area contributed by atoms with Crippen molar-refractivity contribution in [3.8, 4) is 5.75 Å². The molecule has 2 fully saturated rings. The van der Waals surface area contributed by atoms with Crippen LogP contribution in [0.4, 0.5) is 5.69 Å². The Bertz CT molecular complexity index is 703. The number of benzene rings is 1. The summed E-state index contributed by atoms with van der Waals surface area (Å²) in [5.74, 6) is 1.33. The predicted molar refractivity (Wildman–Crippen MR) is 113 cm³/mol. The molecule has 0 unspecified atom stereocenters. The Morgan fingerprint density at radius 3 is 2.46 bits per heavy atom. The number of nitrogens with zero attached hydrogens (tertiary/aromatic N) is 3. The van der Waals surface area contributed by atoms with Crippen LogP contribution >= 0.6 is 0 Å². The maximum Gasteiger partial charge on any atom is 0.279 e. The molecule has 2 heterocycles. The molecule has 7 nitrogen and oxygen atoms in total. The molecule has 0 radical (unpaired) electrons. The maximum absolute atomic E-state index is 12.4. The Morgan fingerprint density at radius 2 is 1.82 bits per heavy atom. The number of methoxy groups -OCH3 is 1. The summed E-state index contributed by atoms with van der Waals surface area (Å²) >= 11 is 0. The standard InChI is InChI=1S/C20H34N4O3S/c1-18-5-3-12-24(17-18)28(25,26)21-10-4-11-22-13-15-23(16-14-22)19-6-8-20(27-2)9-7-19/h6-9,18,21H,3-5,10-17H2,1-2H3/t18-/m1/s1. The third kappa shape index (κ3) is 5.83. The van der Waals surface area contributed by atoms with Crippen molar-refractivity contribution in [2.75, 3.05) is 64.4 Å². The molecule has 0 spiro atoms. The van der Waals surface area contributed by atoms with Gasteiger partial charge in [0, 0.05) is 51.5 Å². The molecule has 1 aromatic carbocycles. The van der Waals surface area contributed by atoms with E-state index in [2.05, 4.69) is 33.6 Å². The number of piperidine rings is 1. The quantitative estimate of drug-likeness (QED) is 0.662. The van der Waals surface area contributed by atoms with Crippen LogP contribution in [0.15, 0.2) is 24.3 Å². The van der Waals surface area contributed by atoms with Crippen LogP contribution in [-0.2, 0) is 10.2 Å². The van der Waals surface area contributed by atoms with Crippen LogP contribution in [-0.4, -0.2) is 77.1 Å². The molecule has 2 saturated heterocycles. The Morgan fingerprint density at radius 1 is 1.11 bits per heavy atom. The Balaban J connectivity index is 1.35. The number of hydrogen-bond acceptors (Lipinski definition) is 5. The summed E-state index contributed by atoms with van der Waals surface area (Å²) in [6, 6.07) is 8.20. The van der Waals surface area contributed by atoms with E-state index >= 15 is 0 Å². The van der Waals surface area contributed by atoms with Gasteiger partial charge < -0.3 is 9.64 Å². The van der Waals surface area contributed by atoms with Gasteiger partial charge in [0.15, 0.2) is 0 Å². The number of rotatable bonds is 8. The number of ether oxygens (including phenoxy) is 1. The van der Waals surface area contributed by atoms with E-state index in [0.29, 0.717) is 25.6 Å². The zero-order chi connectivity index (χ0) is 20.0. The van der Waals surface area contributed by atoms with Crippen molar-refractivity contribution in [2.24, 2.45) is 5.92 Å². The van der Waals surface area contributed by atoms with Gasteiger partial charge in [-0.1, -0.05) is 6.92 Å². The summed E-state index contributed by atoms with van der Waals surface area (Å²) in [6.07, 6.45) is 2.92. The van der Waals surface area contributed by atoms with E-state index in [9.17, 15) is 8.42 Å². The molecule has 0 bridgehead atoms. The molecule has 3 rings (SSSR count). The minimum absolute atomic E-state index is 0.451. The fourth-order valence-electron chi connectivity index (χ4n) is 3.98. The van der Waals surface area contributed by atoms with Crippen molar-refractivity contribution >= 4 is 15.9 Å². The summed E-state index contributed by atoms with van der Waals surface area (Å²) in [5, 5.41) is 0. The highest BCUT2D eigenvalue weighted by Gasteiger charge is 2.26. The van der Waals surface area contributed by atoms with Gasteiger partial charge in [0.1, 0.15) is 5.75 Å². The molecule has 1 atom stereocenters. The second kappa shape index (κ2) is 9.91. The molecule has 158 valence electrons. The molecule has 28 heavy (non-hydrogen) atoms. The zero-order valence-electron chi connectivity index (χ0n) is 17.1. The molecule has 0 saturated carbocycles. The van der Waals surface area contributed by atoms with Crippen LogP contribution in [0.25, 0.3) is 0 Å². The second-order valence-corrected chi connectivity index (χ2v) is 9.64. The van der Waals surface area contributed by atoms with Gasteiger partial charge in [0.05, 0.1) is 7.11 Å². The third-order valence-corrected chi connectivity index (χ3v) is 7.29. The summed E-state index contributed by atoms with van der Waals surface area (Å²) in [7, 11) is -1.64. The van der Waals surface area contributed by atoms with E-state index in [1.165, 1.54) is 5.69 Å². The molecule has 0 aliphatic carbocycles. The van der Waals surface area contributed by atoms with Crippen LogP contribution in [0.1, 0.15) is 26.2 Å². The van der Waals surface area contributed by atoms with Crippen LogP contribution < -0.4 is 14.4 Å². The van der Waals surface area contributed by atoms with Gasteiger partial charge in [-0.25, -0.2) is 4.72 Å². The number of piperazine rings is 1. The summed E-state index contributed by atoms with van der Waals surface area (Å²) in [5.41, 5.74) is 1.23. The Labute approximate surface area is 169 Å². The normalized spacial score (nSPS) is 22.4. The molecule has 2 aliphatic heterocycles. The molecule has 1 aromatic rings. The van der Waals surface area contributed by atoms with Gasteiger partial charge in [-0.05, 0) is 56.0 Å². The highest BCUT2D eigenvalue weighted by molar-refractivity contribution is 7.87. The summed E-state index contributed by atoms with van der Waals surface area (Å²) in [4.78, 5) is 4.80. The number of nitrogens with one attached hydrogen (secondary N) is 1. The first-order valence-electron chi connectivity index (χ1n) is 10.3. The molecular formula is C20H34N4O3S. The van der Waals surface area contributed by atoms with Crippen LogP contribution in [0.5, 0.6) is 5.75 Å². The Kier molecular flexibility index (Phi) is 7.56. The molecule has 0 aromatic heterocycles. The van der Waals surface area contributed by atoms with Gasteiger partial charge in [0.2, 0.25) is 0 Å². The van der Waals surface area contributed by atoms with Crippen molar-refractivity contribution in [3.63, 3.8) is 0 Å². The first-order chi connectivity index (χ1) is 13.5. The lowest BCUT2D eigenvalue weighted by Crippen LogP contribution is -2.48. The summed E-state index contributed by atoms with van der Waals surface area (Å²) in [6.45, 7) is 8.82. The van der Waals surface area contributed by atoms with Gasteiger partial charge in [-0.2, -0.15) is 12.7 Å². The monoisotopic (exact) mass is 410 g/mol. The van der Waals surface area contributed by atoms with Crippen LogP contribution in [0.2, 0.25) is 0 Å². The van der Waals surface area contributed by atoms with E-state index in [-0.39, 0.29) is 0 Å². The average molecular weight is 411 g/mol. The van der Waals surface area contributed by atoms with Crippen molar-refractivity contribution in [1.29, 1.82) is 0 Å². The lowest BCUT2D eigenvalue weighted by molar-refractivity contribution is 0.254. The van der Waals surface area contributed by atoms with E-state index in [1.807, 2.05) is 12.1 Å². The maximum atomic E-state index is 12.4. The first-order valence-corrected chi connectivity index (χ1v) is 11.8. The molecule has 1 N–H and O–H groups in total. The predicted octanol–water partition coefficient (Wildman–Crippen LogP) is 1.77. The Hall–Kier alpha value is -1.35. The second-order valence-electron chi connectivity index (χ2n) is 7.89. The third-order valence-electron chi connectivity index (χ3n) is 5.71. The van der Waals surface area contributed by atoms with Crippen molar-refractivity contribution in [2.45, 2.75) is 26.2 Å². The fraction of sp³-hybridized carbons (Fsp3) is 0.700. The average Bonchev–Trinajstić information content (AvgIpc) is 2.72. The molecule has 0 amide bonds. The van der Waals surface area contributed by atoms with E-state index in [0.717, 1.165) is 57.7 Å². The molecule has 8 heteroatoms. The lowest BCUT2D eigenvalue weighted by Gasteiger charge is -2.36. The van der Waals surface area contributed by atoms with Crippen LogP contribution in [0.3, 0.4) is 0 Å². The van der Waals surface area contributed by atoms with E-state index < -0.39 is 10.2 Å². The minimum Gasteiger partial charge on any atom is -0.497 e. The zero-order valence-corrected chi connectivity index (χ0v) is 18.0. The van der Waals surface area contributed by atoms with Gasteiger partial charge in [-0.3, -0.25) is 4.90 Å². The lowest BCUT2D eigenvalue weighted by atomic mass is 10.0. The highest BCUT2D eigenvalue weighted by atomic mass is 32.2.